The molecular weight excluding hydrogens is 419 g/mol. The lowest BCUT2D eigenvalue weighted by molar-refractivity contribution is -0.118. The normalized spacial score (nSPS) is 10.8. The Hall–Kier alpha value is -2.53. The molecule has 0 aliphatic carbocycles. The summed E-state index contributed by atoms with van der Waals surface area (Å²) in [7, 11) is 0. The Bertz CT molecular complexity index is 1000. The third kappa shape index (κ3) is 5.99. The van der Waals surface area contributed by atoms with Gasteiger partial charge in [-0.3, -0.25) is 9.79 Å². The number of rotatable bonds is 6. The number of nitrogens with one attached hydrogen (secondary N) is 1. The van der Waals surface area contributed by atoms with E-state index in [1.165, 1.54) is 0 Å². The summed E-state index contributed by atoms with van der Waals surface area (Å²) in [5.74, 6) is 0.306. The predicted molar refractivity (Wildman–Crippen MR) is 116 cm³/mol. The third-order valence-corrected chi connectivity index (χ3v) is 4.60. The molecule has 0 saturated heterocycles. The van der Waals surface area contributed by atoms with E-state index >= 15 is 0 Å². The van der Waals surface area contributed by atoms with Crippen molar-refractivity contribution >= 4 is 58.3 Å². The predicted octanol–water partition coefficient (Wildman–Crippen LogP) is 6.41. The van der Waals surface area contributed by atoms with Crippen molar-refractivity contribution in [2.24, 2.45) is 4.99 Å². The molecule has 0 aliphatic rings. The van der Waals surface area contributed by atoms with Crippen LogP contribution in [0.3, 0.4) is 0 Å². The Labute approximate surface area is 177 Å². The van der Waals surface area contributed by atoms with Crippen molar-refractivity contribution in [3.63, 3.8) is 0 Å². The van der Waals surface area contributed by atoms with Crippen LogP contribution in [0.25, 0.3) is 0 Å². The summed E-state index contributed by atoms with van der Waals surface area (Å²) in [6.45, 7) is -0.108. The highest BCUT2D eigenvalue weighted by Crippen LogP contribution is 2.26. The fraction of sp³-hybridized carbons (Fsp3) is 0.0476. The molecule has 0 aliphatic heterocycles. The van der Waals surface area contributed by atoms with Crippen molar-refractivity contribution in [1.29, 1.82) is 0 Å². The molecule has 142 valence electrons. The summed E-state index contributed by atoms with van der Waals surface area (Å²) >= 11 is 17.8. The lowest BCUT2D eigenvalue weighted by atomic mass is 10.2. The average Bonchev–Trinajstić information content (AvgIpc) is 2.68. The molecule has 0 atom stereocenters. The second-order valence-corrected chi connectivity index (χ2v) is 7.02. The number of ether oxygens (including phenoxy) is 1. The second kappa shape index (κ2) is 9.60. The smallest absolute Gasteiger partial charge is 0.262 e. The number of anilines is 1. The maximum Gasteiger partial charge on any atom is 0.262 e. The van der Waals surface area contributed by atoms with Crippen LogP contribution >= 0.6 is 34.8 Å². The number of nitrogens with zero attached hydrogens (tertiary/aromatic N) is 1. The lowest BCUT2D eigenvalue weighted by Gasteiger charge is -2.08. The molecule has 1 N–H and O–H groups in total. The van der Waals surface area contributed by atoms with Crippen LogP contribution in [0.2, 0.25) is 15.1 Å². The van der Waals surface area contributed by atoms with Crippen molar-refractivity contribution in [1.82, 2.24) is 0 Å². The van der Waals surface area contributed by atoms with E-state index in [0.29, 0.717) is 32.2 Å². The molecule has 0 spiro atoms. The van der Waals surface area contributed by atoms with Gasteiger partial charge in [0.25, 0.3) is 5.91 Å². The van der Waals surface area contributed by atoms with Crippen LogP contribution in [0.1, 0.15) is 5.56 Å². The quantitative estimate of drug-likeness (QED) is 0.456. The number of hydrogen-bond donors (Lipinski definition) is 1. The van der Waals surface area contributed by atoms with Gasteiger partial charge in [-0.2, -0.15) is 0 Å². The van der Waals surface area contributed by atoms with Crippen LogP contribution in [-0.2, 0) is 4.79 Å². The molecule has 0 aromatic heterocycles. The summed E-state index contributed by atoms with van der Waals surface area (Å²) in [4.78, 5) is 16.3. The van der Waals surface area contributed by atoms with Crippen LogP contribution in [-0.4, -0.2) is 18.7 Å². The van der Waals surface area contributed by atoms with E-state index in [4.69, 9.17) is 39.5 Å². The highest BCUT2D eigenvalue weighted by Gasteiger charge is 2.04. The molecule has 0 unspecified atom stereocenters. The zero-order chi connectivity index (χ0) is 19.9. The van der Waals surface area contributed by atoms with Crippen LogP contribution in [0.5, 0.6) is 5.75 Å². The van der Waals surface area contributed by atoms with E-state index in [0.717, 1.165) is 5.56 Å². The van der Waals surface area contributed by atoms with E-state index in [9.17, 15) is 4.79 Å². The van der Waals surface area contributed by atoms with Gasteiger partial charge in [0.05, 0.1) is 15.7 Å². The van der Waals surface area contributed by atoms with E-state index < -0.39 is 0 Å². The number of amides is 1. The summed E-state index contributed by atoms with van der Waals surface area (Å²) in [6.07, 6.45) is 1.70. The first-order chi connectivity index (χ1) is 13.5. The maximum absolute atomic E-state index is 12.0. The fourth-order valence-corrected chi connectivity index (χ4v) is 2.76. The molecule has 7 heteroatoms. The van der Waals surface area contributed by atoms with Crippen LogP contribution < -0.4 is 10.1 Å². The Balaban J connectivity index is 1.53. The summed E-state index contributed by atoms with van der Waals surface area (Å²) in [6, 6.07) is 19.3. The van der Waals surface area contributed by atoms with E-state index in [2.05, 4.69) is 10.3 Å². The number of aliphatic imine (C=N–C) groups is 1. The minimum Gasteiger partial charge on any atom is -0.484 e. The van der Waals surface area contributed by atoms with Crippen molar-refractivity contribution in [2.75, 3.05) is 11.9 Å². The number of halogens is 3. The molecule has 0 saturated carbocycles. The molecule has 0 radical (unpaired) electrons. The van der Waals surface area contributed by atoms with Gasteiger partial charge in [-0.1, -0.05) is 40.9 Å². The van der Waals surface area contributed by atoms with Gasteiger partial charge in [0, 0.05) is 16.9 Å². The summed E-state index contributed by atoms with van der Waals surface area (Å²) in [5.41, 5.74) is 2.20. The number of carbonyl (C=O) groups is 1. The first-order valence-electron chi connectivity index (χ1n) is 8.27. The highest BCUT2D eigenvalue weighted by molar-refractivity contribution is 6.42. The Morgan fingerprint density at radius 2 is 1.75 bits per heavy atom. The van der Waals surface area contributed by atoms with Crippen LogP contribution in [0.15, 0.2) is 71.7 Å². The Kier molecular flexibility index (Phi) is 6.93. The molecule has 3 rings (SSSR count). The molecule has 3 aromatic carbocycles. The molecule has 3 aromatic rings. The first kappa shape index (κ1) is 20.2. The minimum atomic E-state index is -0.271. The molecule has 28 heavy (non-hydrogen) atoms. The average molecular weight is 434 g/mol. The molecule has 4 nitrogen and oxygen atoms in total. The molecular formula is C21H15Cl3N2O2. The van der Waals surface area contributed by atoms with Crippen LogP contribution in [0, 0.1) is 0 Å². The zero-order valence-electron chi connectivity index (χ0n) is 14.5. The van der Waals surface area contributed by atoms with E-state index in [-0.39, 0.29) is 12.5 Å². The topological polar surface area (TPSA) is 50.7 Å². The minimum absolute atomic E-state index is 0.108. The van der Waals surface area contributed by atoms with Crippen LogP contribution in [0.4, 0.5) is 11.4 Å². The number of hydrogen-bond acceptors (Lipinski definition) is 3. The Morgan fingerprint density at radius 1 is 0.964 bits per heavy atom. The van der Waals surface area contributed by atoms with Gasteiger partial charge in [0.2, 0.25) is 0 Å². The van der Waals surface area contributed by atoms with Gasteiger partial charge in [0.1, 0.15) is 5.75 Å². The van der Waals surface area contributed by atoms with Crippen molar-refractivity contribution in [3.8, 4) is 5.75 Å². The molecule has 0 heterocycles. The van der Waals surface area contributed by atoms with E-state index in [1.807, 2.05) is 12.1 Å². The monoisotopic (exact) mass is 432 g/mol. The second-order valence-electron chi connectivity index (χ2n) is 5.77. The molecule has 0 fully saturated rings. The van der Waals surface area contributed by atoms with Gasteiger partial charge < -0.3 is 10.1 Å². The van der Waals surface area contributed by atoms with Gasteiger partial charge in [-0.15, -0.1) is 0 Å². The van der Waals surface area contributed by atoms with Gasteiger partial charge in [-0.25, -0.2) is 0 Å². The van der Waals surface area contributed by atoms with Gasteiger partial charge >= 0.3 is 0 Å². The number of carbonyl (C=O) groups excluding carboxylic acids is 1. The highest BCUT2D eigenvalue weighted by atomic mass is 35.5. The summed E-state index contributed by atoms with van der Waals surface area (Å²) < 4.78 is 5.50. The van der Waals surface area contributed by atoms with Gasteiger partial charge in [-0.05, 0) is 66.2 Å². The molecule has 0 bridgehead atoms. The summed E-state index contributed by atoms with van der Waals surface area (Å²) in [5, 5.41) is 4.22. The van der Waals surface area contributed by atoms with Crippen molar-refractivity contribution in [2.45, 2.75) is 0 Å². The largest absolute Gasteiger partial charge is 0.484 e. The zero-order valence-corrected chi connectivity index (χ0v) is 16.8. The van der Waals surface area contributed by atoms with Crippen molar-refractivity contribution < 1.29 is 9.53 Å². The fourth-order valence-electron chi connectivity index (χ4n) is 2.28. The third-order valence-electron chi connectivity index (χ3n) is 3.62. The van der Waals surface area contributed by atoms with Crippen molar-refractivity contribution in [3.05, 3.63) is 87.4 Å². The Morgan fingerprint density at radius 3 is 2.46 bits per heavy atom. The van der Waals surface area contributed by atoms with Gasteiger partial charge in [0.15, 0.2) is 6.61 Å². The standard InChI is InChI=1S/C21H15Cl3N2O2/c22-15-2-1-3-17(10-15)26-21(27)13-28-18-7-4-14(5-8-18)12-25-16-6-9-19(23)20(24)11-16/h1-12H,13H2,(H,26,27). The number of benzene rings is 3. The molecule has 1 amide bonds. The first-order valence-corrected chi connectivity index (χ1v) is 9.40. The maximum atomic E-state index is 12.0. The van der Waals surface area contributed by atoms with E-state index in [1.54, 1.807) is 60.8 Å². The lowest BCUT2D eigenvalue weighted by Crippen LogP contribution is -2.20. The SMILES string of the molecule is O=C(COc1ccc(C=Nc2ccc(Cl)c(Cl)c2)cc1)Nc1cccc(Cl)c1.